The van der Waals surface area contributed by atoms with E-state index >= 15 is 0 Å². The van der Waals surface area contributed by atoms with Crippen molar-refractivity contribution < 1.29 is 9.94 Å². The van der Waals surface area contributed by atoms with E-state index in [9.17, 15) is 0 Å². The van der Waals surface area contributed by atoms with Crippen LogP contribution in [0.5, 0.6) is 5.75 Å². The van der Waals surface area contributed by atoms with Gasteiger partial charge in [0, 0.05) is 12.0 Å². The van der Waals surface area contributed by atoms with Crippen LogP contribution in [0.15, 0.2) is 29.4 Å². The number of oxime groups is 1. The first kappa shape index (κ1) is 9.70. The van der Waals surface area contributed by atoms with E-state index in [1.807, 2.05) is 24.3 Å². The lowest BCUT2D eigenvalue weighted by molar-refractivity contribution is 0.0768. The molecule has 0 bridgehead atoms. The number of ether oxygens (including phenoxy) is 1. The predicted octanol–water partition coefficient (Wildman–Crippen LogP) is 2.96. The van der Waals surface area contributed by atoms with E-state index in [1.165, 1.54) is 12.8 Å². The molecular weight excluding hydrogens is 202 g/mol. The third-order valence-corrected chi connectivity index (χ3v) is 3.65. The van der Waals surface area contributed by atoms with Crippen LogP contribution in [-0.4, -0.2) is 16.5 Å². The van der Waals surface area contributed by atoms with Gasteiger partial charge in [-0.3, -0.25) is 0 Å². The zero-order valence-electron chi connectivity index (χ0n) is 9.15. The molecule has 0 atom stereocenters. The summed E-state index contributed by atoms with van der Waals surface area (Å²) in [5.41, 5.74) is 1.60. The van der Waals surface area contributed by atoms with Crippen LogP contribution >= 0.6 is 0 Å². The number of rotatable bonds is 0. The topological polar surface area (TPSA) is 41.8 Å². The second-order valence-corrected chi connectivity index (χ2v) is 4.71. The van der Waals surface area contributed by atoms with Crippen LogP contribution in [-0.2, 0) is 0 Å². The summed E-state index contributed by atoms with van der Waals surface area (Å²) in [4.78, 5) is 0. The second kappa shape index (κ2) is 3.51. The van der Waals surface area contributed by atoms with Crippen molar-refractivity contribution in [2.24, 2.45) is 5.16 Å². The van der Waals surface area contributed by atoms with E-state index in [0.29, 0.717) is 0 Å². The molecule has 2 aliphatic rings. The second-order valence-electron chi connectivity index (χ2n) is 4.71. The van der Waals surface area contributed by atoms with Crippen LogP contribution in [0, 0.1) is 0 Å². The standard InChI is InChI=1S/C13H15NO2/c15-14-11-9-13(7-3-4-8-13)16-12-6-2-1-5-10(11)12/h1-2,5-6,15H,3-4,7-9H2. The molecule has 3 nitrogen and oxygen atoms in total. The van der Waals surface area contributed by atoms with Crippen LogP contribution in [0.2, 0.25) is 0 Å². The lowest BCUT2D eigenvalue weighted by Gasteiger charge is -2.35. The highest BCUT2D eigenvalue weighted by atomic mass is 16.5. The first-order valence-corrected chi connectivity index (χ1v) is 5.82. The molecule has 0 saturated heterocycles. The summed E-state index contributed by atoms with van der Waals surface area (Å²) in [7, 11) is 0. The molecular formula is C13H15NO2. The Hall–Kier alpha value is -1.51. The van der Waals surface area contributed by atoms with Crippen molar-refractivity contribution in [1.82, 2.24) is 0 Å². The average molecular weight is 217 g/mol. The Morgan fingerprint density at radius 3 is 2.69 bits per heavy atom. The third kappa shape index (κ3) is 1.39. The minimum Gasteiger partial charge on any atom is -0.486 e. The molecule has 0 radical (unpaired) electrons. The molecule has 1 aliphatic heterocycles. The number of nitrogens with zero attached hydrogens (tertiary/aromatic N) is 1. The molecule has 1 heterocycles. The van der Waals surface area contributed by atoms with Gasteiger partial charge in [-0.1, -0.05) is 17.3 Å². The zero-order chi connectivity index (χ0) is 11.0. The van der Waals surface area contributed by atoms with Crippen LogP contribution in [0.4, 0.5) is 0 Å². The van der Waals surface area contributed by atoms with Crippen molar-refractivity contribution in [3.8, 4) is 5.75 Å². The number of hydrogen-bond acceptors (Lipinski definition) is 3. The van der Waals surface area contributed by atoms with Crippen LogP contribution in [0.25, 0.3) is 0 Å². The van der Waals surface area contributed by atoms with Gasteiger partial charge in [0.1, 0.15) is 11.4 Å². The van der Waals surface area contributed by atoms with E-state index in [0.717, 1.165) is 36.3 Å². The van der Waals surface area contributed by atoms with Gasteiger partial charge < -0.3 is 9.94 Å². The summed E-state index contributed by atoms with van der Waals surface area (Å²) >= 11 is 0. The predicted molar refractivity (Wildman–Crippen MR) is 61.2 cm³/mol. The minimum absolute atomic E-state index is 0.101. The van der Waals surface area contributed by atoms with Gasteiger partial charge in [0.2, 0.25) is 0 Å². The summed E-state index contributed by atoms with van der Waals surface area (Å²) in [5, 5.41) is 12.6. The normalized spacial score (nSPS) is 24.4. The van der Waals surface area contributed by atoms with Gasteiger partial charge in [-0.05, 0) is 37.8 Å². The molecule has 3 rings (SSSR count). The first-order valence-electron chi connectivity index (χ1n) is 5.82. The summed E-state index contributed by atoms with van der Waals surface area (Å²) in [6.45, 7) is 0. The molecule has 1 N–H and O–H groups in total. The molecule has 3 heteroatoms. The van der Waals surface area contributed by atoms with Crippen molar-refractivity contribution in [2.75, 3.05) is 0 Å². The molecule has 0 aromatic heterocycles. The first-order chi connectivity index (χ1) is 7.83. The molecule has 1 spiro atoms. The lowest BCUT2D eigenvalue weighted by Crippen LogP contribution is -2.39. The van der Waals surface area contributed by atoms with E-state index in [1.54, 1.807) is 0 Å². The average Bonchev–Trinajstić information content (AvgIpc) is 2.76. The molecule has 84 valence electrons. The Kier molecular flexibility index (Phi) is 2.13. The molecule has 1 aromatic rings. The Morgan fingerprint density at radius 2 is 1.94 bits per heavy atom. The van der Waals surface area contributed by atoms with E-state index in [4.69, 9.17) is 9.94 Å². The molecule has 1 saturated carbocycles. The van der Waals surface area contributed by atoms with E-state index in [-0.39, 0.29) is 5.60 Å². The molecule has 1 aliphatic carbocycles. The maximum Gasteiger partial charge on any atom is 0.129 e. The number of benzene rings is 1. The fourth-order valence-corrected chi connectivity index (χ4v) is 2.85. The van der Waals surface area contributed by atoms with Gasteiger partial charge in [-0.2, -0.15) is 0 Å². The molecule has 1 fully saturated rings. The maximum atomic E-state index is 9.11. The number of fused-ring (bicyclic) bond motifs is 1. The van der Waals surface area contributed by atoms with Crippen molar-refractivity contribution in [3.63, 3.8) is 0 Å². The Morgan fingerprint density at radius 1 is 1.19 bits per heavy atom. The quantitative estimate of drug-likeness (QED) is 0.536. The van der Waals surface area contributed by atoms with Crippen molar-refractivity contribution >= 4 is 5.71 Å². The summed E-state index contributed by atoms with van der Waals surface area (Å²) in [6, 6.07) is 7.81. The third-order valence-electron chi connectivity index (χ3n) is 3.65. The molecule has 0 amide bonds. The lowest BCUT2D eigenvalue weighted by atomic mass is 9.88. The smallest absolute Gasteiger partial charge is 0.129 e. The van der Waals surface area contributed by atoms with Crippen molar-refractivity contribution in [2.45, 2.75) is 37.7 Å². The fraction of sp³-hybridized carbons (Fsp3) is 0.462. The van der Waals surface area contributed by atoms with Crippen LogP contribution in [0.1, 0.15) is 37.7 Å². The van der Waals surface area contributed by atoms with E-state index < -0.39 is 0 Å². The molecule has 1 aromatic carbocycles. The van der Waals surface area contributed by atoms with Crippen molar-refractivity contribution in [3.05, 3.63) is 29.8 Å². The van der Waals surface area contributed by atoms with Crippen LogP contribution in [0.3, 0.4) is 0 Å². The SMILES string of the molecule is ON=C1CC2(CCCC2)Oc2ccccc21. The van der Waals surface area contributed by atoms with Gasteiger partial charge in [-0.15, -0.1) is 0 Å². The summed E-state index contributed by atoms with van der Waals surface area (Å²) < 4.78 is 6.12. The number of para-hydroxylation sites is 1. The van der Waals surface area contributed by atoms with Crippen LogP contribution < -0.4 is 4.74 Å². The fourth-order valence-electron chi connectivity index (χ4n) is 2.85. The summed E-state index contributed by atoms with van der Waals surface area (Å²) in [6.07, 6.45) is 5.29. The Labute approximate surface area is 94.7 Å². The zero-order valence-corrected chi connectivity index (χ0v) is 9.15. The van der Waals surface area contributed by atoms with Crippen molar-refractivity contribution in [1.29, 1.82) is 0 Å². The number of hydrogen-bond donors (Lipinski definition) is 1. The highest BCUT2D eigenvalue weighted by Gasteiger charge is 2.41. The Bertz CT molecular complexity index is 433. The largest absolute Gasteiger partial charge is 0.486 e. The minimum atomic E-state index is -0.101. The monoisotopic (exact) mass is 217 g/mol. The van der Waals surface area contributed by atoms with Gasteiger partial charge in [0.05, 0.1) is 5.71 Å². The molecule has 16 heavy (non-hydrogen) atoms. The molecule has 0 unspecified atom stereocenters. The van der Waals surface area contributed by atoms with Gasteiger partial charge in [-0.25, -0.2) is 0 Å². The highest BCUT2D eigenvalue weighted by molar-refractivity contribution is 6.04. The van der Waals surface area contributed by atoms with Gasteiger partial charge >= 0.3 is 0 Å². The van der Waals surface area contributed by atoms with Gasteiger partial charge in [0.15, 0.2) is 0 Å². The van der Waals surface area contributed by atoms with Gasteiger partial charge in [0.25, 0.3) is 0 Å². The summed E-state index contributed by atoms with van der Waals surface area (Å²) in [5.74, 6) is 0.864. The highest BCUT2D eigenvalue weighted by Crippen LogP contribution is 2.42. The Balaban J connectivity index is 2.05. The maximum absolute atomic E-state index is 9.11. The van der Waals surface area contributed by atoms with E-state index in [2.05, 4.69) is 5.16 Å².